The Bertz CT molecular complexity index is 1020. The third-order valence-corrected chi connectivity index (χ3v) is 4.68. The van der Waals surface area contributed by atoms with Gasteiger partial charge >= 0.3 is 6.36 Å². The first-order valence-corrected chi connectivity index (χ1v) is 10.0. The molecule has 162 valence electrons. The van der Waals surface area contributed by atoms with E-state index in [1.54, 1.807) is 16.8 Å². The van der Waals surface area contributed by atoms with Gasteiger partial charge in [-0.3, -0.25) is 0 Å². The lowest BCUT2D eigenvalue weighted by atomic mass is 10.2. The van der Waals surface area contributed by atoms with Crippen molar-refractivity contribution in [3.63, 3.8) is 0 Å². The number of rotatable bonds is 8. The lowest BCUT2D eigenvalue weighted by Gasteiger charge is -2.27. The molecule has 3 aromatic rings. The van der Waals surface area contributed by atoms with Crippen molar-refractivity contribution in [2.45, 2.75) is 40.0 Å². The predicted octanol–water partition coefficient (Wildman–Crippen LogP) is 5.96. The topological polar surface area (TPSA) is 54.7 Å². The molecule has 0 aliphatic rings. The highest BCUT2D eigenvalue weighted by atomic mass is 35.5. The Labute approximate surface area is 177 Å². The van der Waals surface area contributed by atoms with Crippen LogP contribution in [0.25, 0.3) is 5.65 Å². The molecule has 0 atom stereocenters. The van der Waals surface area contributed by atoms with Crippen molar-refractivity contribution in [1.29, 1.82) is 0 Å². The fourth-order valence-electron chi connectivity index (χ4n) is 3.30. The van der Waals surface area contributed by atoms with Crippen molar-refractivity contribution in [2.75, 3.05) is 23.3 Å². The minimum Gasteiger partial charge on any atom is -0.404 e. The Kier molecular flexibility index (Phi) is 6.60. The van der Waals surface area contributed by atoms with Gasteiger partial charge in [0.1, 0.15) is 11.6 Å². The minimum absolute atomic E-state index is 0.111. The fourth-order valence-corrected chi connectivity index (χ4v) is 3.46. The standard InChI is InChI=1S/C20H23ClF3N5O/c1-4-10-28(11-5-2)19-13(3)18(27-17-8-9-25-29(17)19)26-15-7-6-14(21)12-16(15)30-20(22,23)24/h6-9,12H,4-5,10-11H2,1-3H3,(H,26,27). The molecule has 0 bridgehead atoms. The summed E-state index contributed by atoms with van der Waals surface area (Å²) in [6.07, 6.45) is -1.32. The number of halogens is 4. The van der Waals surface area contributed by atoms with E-state index in [4.69, 9.17) is 11.6 Å². The summed E-state index contributed by atoms with van der Waals surface area (Å²) in [6, 6.07) is 5.78. The molecule has 10 heteroatoms. The van der Waals surface area contributed by atoms with Crippen LogP contribution >= 0.6 is 11.6 Å². The first-order valence-electron chi connectivity index (χ1n) is 9.65. The van der Waals surface area contributed by atoms with Crippen LogP contribution in [0.5, 0.6) is 5.75 Å². The zero-order chi connectivity index (χ0) is 21.9. The van der Waals surface area contributed by atoms with Gasteiger partial charge in [-0.1, -0.05) is 25.4 Å². The number of benzene rings is 1. The molecule has 0 radical (unpaired) electrons. The van der Waals surface area contributed by atoms with Crippen LogP contribution in [0.4, 0.5) is 30.5 Å². The summed E-state index contributed by atoms with van der Waals surface area (Å²) in [5, 5.41) is 7.51. The van der Waals surface area contributed by atoms with Crippen LogP contribution in [0, 0.1) is 6.92 Å². The Morgan fingerprint density at radius 1 is 1.17 bits per heavy atom. The van der Waals surface area contributed by atoms with Gasteiger partial charge in [-0.05, 0) is 31.9 Å². The molecule has 1 N–H and O–H groups in total. The molecule has 0 fully saturated rings. The Hall–Kier alpha value is -2.68. The molecule has 3 rings (SSSR count). The molecule has 2 aromatic heterocycles. The molecular weight excluding hydrogens is 419 g/mol. The van der Waals surface area contributed by atoms with Crippen LogP contribution in [0.3, 0.4) is 0 Å². The number of nitrogens with zero attached hydrogens (tertiary/aromatic N) is 4. The smallest absolute Gasteiger partial charge is 0.404 e. The molecule has 0 unspecified atom stereocenters. The second kappa shape index (κ2) is 8.99. The summed E-state index contributed by atoms with van der Waals surface area (Å²) in [5.74, 6) is 0.845. The average Bonchev–Trinajstić information content (AvgIpc) is 3.11. The first-order chi connectivity index (χ1) is 14.2. The monoisotopic (exact) mass is 441 g/mol. The van der Waals surface area contributed by atoms with Crippen molar-refractivity contribution >= 4 is 34.6 Å². The zero-order valence-electron chi connectivity index (χ0n) is 16.9. The van der Waals surface area contributed by atoms with Gasteiger partial charge in [0.05, 0.1) is 11.9 Å². The fraction of sp³-hybridized carbons (Fsp3) is 0.400. The van der Waals surface area contributed by atoms with Gasteiger partial charge in [-0.2, -0.15) is 9.61 Å². The highest BCUT2D eigenvalue weighted by Crippen LogP contribution is 2.36. The van der Waals surface area contributed by atoms with Crippen molar-refractivity contribution in [1.82, 2.24) is 14.6 Å². The normalized spacial score (nSPS) is 11.7. The SMILES string of the molecule is CCCN(CCC)c1c(C)c(Nc2ccc(Cl)cc2OC(F)(F)F)nc2ccnn12. The highest BCUT2D eigenvalue weighted by molar-refractivity contribution is 6.30. The van der Waals surface area contributed by atoms with Crippen LogP contribution in [-0.4, -0.2) is 34.0 Å². The molecule has 2 heterocycles. The van der Waals surface area contributed by atoms with E-state index in [0.29, 0.717) is 11.5 Å². The van der Waals surface area contributed by atoms with Gasteiger partial charge in [0, 0.05) is 35.8 Å². The number of fused-ring (bicyclic) bond motifs is 1. The van der Waals surface area contributed by atoms with Gasteiger partial charge in [0.2, 0.25) is 0 Å². The van der Waals surface area contributed by atoms with E-state index >= 15 is 0 Å². The lowest BCUT2D eigenvalue weighted by molar-refractivity contribution is -0.274. The van der Waals surface area contributed by atoms with E-state index in [-0.39, 0.29) is 10.7 Å². The minimum atomic E-state index is -4.84. The van der Waals surface area contributed by atoms with Gasteiger partial charge in [0.25, 0.3) is 0 Å². The quantitative estimate of drug-likeness (QED) is 0.467. The third-order valence-electron chi connectivity index (χ3n) is 4.45. The summed E-state index contributed by atoms with van der Waals surface area (Å²) in [6.45, 7) is 7.68. The number of alkyl halides is 3. The maximum Gasteiger partial charge on any atom is 0.573 e. The number of hydrogen-bond acceptors (Lipinski definition) is 5. The number of ether oxygens (including phenoxy) is 1. The number of hydrogen-bond donors (Lipinski definition) is 1. The highest BCUT2D eigenvalue weighted by Gasteiger charge is 2.32. The van der Waals surface area contributed by atoms with Crippen LogP contribution < -0.4 is 15.0 Å². The van der Waals surface area contributed by atoms with E-state index < -0.39 is 12.1 Å². The summed E-state index contributed by atoms with van der Waals surface area (Å²) < 4.78 is 44.5. The van der Waals surface area contributed by atoms with Gasteiger partial charge in [0.15, 0.2) is 11.4 Å². The Balaban J connectivity index is 2.09. The van der Waals surface area contributed by atoms with E-state index in [1.165, 1.54) is 12.1 Å². The maximum atomic E-state index is 12.9. The average molecular weight is 442 g/mol. The molecule has 0 amide bonds. The Morgan fingerprint density at radius 3 is 2.50 bits per heavy atom. The molecule has 1 aromatic carbocycles. The van der Waals surface area contributed by atoms with E-state index in [1.807, 2.05) is 6.92 Å². The molecule has 0 saturated heterocycles. The summed E-state index contributed by atoms with van der Waals surface area (Å²) >= 11 is 5.87. The van der Waals surface area contributed by atoms with Crippen molar-refractivity contribution in [2.24, 2.45) is 0 Å². The van der Waals surface area contributed by atoms with Crippen molar-refractivity contribution in [3.8, 4) is 5.75 Å². The molecule has 30 heavy (non-hydrogen) atoms. The third kappa shape index (κ3) is 4.89. The molecule has 0 saturated carbocycles. The number of nitrogens with one attached hydrogen (secondary N) is 1. The van der Waals surface area contributed by atoms with Gasteiger partial charge < -0.3 is 15.0 Å². The second-order valence-corrected chi connectivity index (χ2v) is 7.25. The van der Waals surface area contributed by atoms with Crippen molar-refractivity contribution < 1.29 is 17.9 Å². The maximum absolute atomic E-state index is 12.9. The second-order valence-electron chi connectivity index (χ2n) is 6.81. The van der Waals surface area contributed by atoms with Gasteiger partial charge in [-0.25, -0.2) is 4.98 Å². The van der Waals surface area contributed by atoms with Crippen LogP contribution in [-0.2, 0) is 0 Å². The van der Waals surface area contributed by atoms with Crippen LogP contribution in [0.15, 0.2) is 30.5 Å². The molecule has 0 aliphatic carbocycles. The largest absolute Gasteiger partial charge is 0.573 e. The van der Waals surface area contributed by atoms with E-state index in [9.17, 15) is 13.2 Å². The lowest BCUT2D eigenvalue weighted by Crippen LogP contribution is -2.28. The summed E-state index contributed by atoms with van der Waals surface area (Å²) in [4.78, 5) is 6.75. The summed E-state index contributed by atoms with van der Waals surface area (Å²) in [5.41, 5.74) is 1.46. The molecule has 0 aliphatic heterocycles. The van der Waals surface area contributed by atoms with Crippen molar-refractivity contribution in [3.05, 3.63) is 41.0 Å². The van der Waals surface area contributed by atoms with Crippen LogP contribution in [0.2, 0.25) is 5.02 Å². The molecular formula is C20H23ClF3N5O. The Morgan fingerprint density at radius 2 is 1.87 bits per heavy atom. The zero-order valence-corrected chi connectivity index (χ0v) is 17.7. The van der Waals surface area contributed by atoms with Crippen LogP contribution in [0.1, 0.15) is 32.3 Å². The first kappa shape index (κ1) is 22.0. The predicted molar refractivity (Wildman–Crippen MR) is 112 cm³/mol. The van der Waals surface area contributed by atoms with E-state index in [2.05, 4.69) is 38.9 Å². The molecule has 0 spiro atoms. The van der Waals surface area contributed by atoms with Gasteiger partial charge in [-0.15, -0.1) is 13.2 Å². The number of aromatic nitrogens is 3. The summed E-state index contributed by atoms with van der Waals surface area (Å²) in [7, 11) is 0. The number of anilines is 3. The molecule has 6 nitrogen and oxygen atoms in total. The van der Waals surface area contributed by atoms with E-state index in [0.717, 1.165) is 43.4 Å².